The Balaban J connectivity index is 1.98. The summed E-state index contributed by atoms with van der Waals surface area (Å²) in [4.78, 5) is 43.9. The molecular formula is C30H41N3O6. The second kappa shape index (κ2) is 10.1. The summed E-state index contributed by atoms with van der Waals surface area (Å²) in [5.41, 5.74) is 5.34. The number of benzene rings is 1. The monoisotopic (exact) mass is 539 g/mol. The highest BCUT2D eigenvalue weighted by molar-refractivity contribution is 6.24. The van der Waals surface area contributed by atoms with Gasteiger partial charge < -0.3 is 30.9 Å². The van der Waals surface area contributed by atoms with Crippen LogP contribution in [-0.2, 0) is 20.8 Å². The number of aliphatic hydroxyl groups excluding tert-OH is 1. The first-order valence-electron chi connectivity index (χ1n) is 13.6. The van der Waals surface area contributed by atoms with E-state index in [0.717, 1.165) is 5.69 Å². The van der Waals surface area contributed by atoms with E-state index in [1.807, 2.05) is 56.0 Å². The van der Waals surface area contributed by atoms with Crippen LogP contribution in [0.1, 0.15) is 56.2 Å². The van der Waals surface area contributed by atoms with Crippen LogP contribution in [0.25, 0.3) is 5.76 Å². The van der Waals surface area contributed by atoms with Gasteiger partial charge >= 0.3 is 0 Å². The highest BCUT2D eigenvalue weighted by Crippen LogP contribution is 2.55. The molecule has 7 atom stereocenters. The molecule has 0 aromatic heterocycles. The number of Topliss-reactive ketones (excluding diaryl/α,β-unsaturated/α-hetero) is 2. The molecule has 2 saturated carbocycles. The van der Waals surface area contributed by atoms with Crippen molar-refractivity contribution in [2.75, 3.05) is 33.1 Å². The summed E-state index contributed by atoms with van der Waals surface area (Å²) >= 11 is 0. The van der Waals surface area contributed by atoms with Gasteiger partial charge in [0, 0.05) is 48.8 Å². The number of phenolic OH excluding ortho intramolecular Hbond substituents is 1. The molecule has 0 bridgehead atoms. The molecule has 3 aliphatic rings. The molecule has 0 spiro atoms. The van der Waals surface area contributed by atoms with E-state index in [1.54, 1.807) is 21.0 Å². The molecule has 1 aromatic carbocycles. The van der Waals surface area contributed by atoms with E-state index in [2.05, 4.69) is 0 Å². The van der Waals surface area contributed by atoms with Crippen molar-refractivity contribution in [1.82, 2.24) is 4.90 Å². The fraction of sp³-hybridized carbons (Fsp3) is 0.567. The number of amides is 1. The summed E-state index contributed by atoms with van der Waals surface area (Å²) in [7, 11) is 7.36. The molecule has 0 heterocycles. The van der Waals surface area contributed by atoms with Gasteiger partial charge in [-0.15, -0.1) is 0 Å². The van der Waals surface area contributed by atoms with Gasteiger partial charge in [-0.3, -0.25) is 14.4 Å². The van der Waals surface area contributed by atoms with Crippen molar-refractivity contribution in [2.45, 2.75) is 57.6 Å². The van der Waals surface area contributed by atoms with Crippen LogP contribution in [0, 0.1) is 23.7 Å². The van der Waals surface area contributed by atoms with E-state index >= 15 is 0 Å². The van der Waals surface area contributed by atoms with Gasteiger partial charge in [-0.25, -0.2) is 0 Å². The maximum absolute atomic E-state index is 14.1. The molecule has 5 N–H and O–H groups in total. The van der Waals surface area contributed by atoms with E-state index in [4.69, 9.17) is 5.73 Å². The number of anilines is 1. The number of aliphatic hydroxyl groups is 2. The lowest BCUT2D eigenvalue weighted by Gasteiger charge is -2.54. The van der Waals surface area contributed by atoms with Crippen LogP contribution in [-0.4, -0.2) is 77.5 Å². The highest BCUT2D eigenvalue weighted by atomic mass is 16.3. The van der Waals surface area contributed by atoms with E-state index in [-0.39, 0.29) is 29.2 Å². The molecule has 212 valence electrons. The summed E-state index contributed by atoms with van der Waals surface area (Å²) in [6, 6.07) is 1.46. The summed E-state index contributed by atoms with van der Waals surface area (Å²) in [6.45, 7) is 5.65. The van der Waals surface area contributed by atoms with Gasteiger partial charge in [0.15, 0.2) is 11.4 Å². The molecule has 9 heteroatoms. The van der Waals surface area contributed by atoms with Gasteiger partial charge in [-0.1, -0.05) is 26.0 Å². The number of hydrogen-bond acceptors (Lipinski definition) is 8. The number of rotatable bonds is 6. The van der Waals surface area contributed by atoms with Crippen molar-refractivity contribution in [3.8, 4) is 5.75 Å². The molecule has 0 aliphatic heterocycles. The van der Waals surface area contributed by atoms with Gasteiger partial charge in [-0.2, -0.15) is 0 Å². The normalized spacial score (nSPS) is 31.3. The number of fused-ring (bicyclic) bond motifs is 3. The van der Waals surface area contributed by atoms with Crippen molar-refractivity contribution < 1.29 is 29.7 Å². The Labute approximate surface area is 230 Å². The van der Waals surface area contributed by atoms with Crippen LogP contribution < -0.4 is 10.6 Å². The molecule has 3 aliphatic carbocycles. The van der Waals surface area contributed by atoms with Gasteiger partial charge in [0.25, 0.3) is 0 Å². The molecule has 3 unspecified atom stereocenters. The molecule has 9 nitrogen and oxygen atoms in total. The van der Waals surface area contributed by atoms with Crippen molar-refractivity contribution >= 4 is 28.9 Å². The fourth-order valence-electron chi connectivity index (χ4n) is 7.51. The van der Waals surface area contributed by atoms with Crippen LogP contribution in [0.5, 0.6) is 5.75 Å². The third-order valence-electron chi connectivity index (χ3n) is 9.21. The summed E-state index contributed by atoms with van der Waals surface area (Å²) in [5, 5.41) is 35.0. The molecule has 39 heavy (non-hydrogen) atoms. The fourth-order valence-corrected chi connectivity index (χ4v) is 7.51. The lowest BCUT2D eigenvalue weighted by molar-refractivity contribution is -0.177. The van der Waals surface area contributed by atoms with Gasteiger partial charge in [-0.05, 0) is 63.7 Å². The van der Waals surface area contributed by atoms with Crippen molar-refractivity contribution in [2.24, 2.45) is 29.4 Å². The summed E-state index contributed by atoms with van der Waals surface area (Å²) in [5.74, 6) is -6.49. The van der Waals surface area contributed by atoms with Crippen LogP contribution in [0.15, 0.2) is 23.8 Å². The third-order valence-corrected chi connectivity index (χ3v) is 9.21. The number of nitrogens with two attached hydrogens (primary N) is 1. The number of hydrogen-bond donors (Lipinski definition) is 4. The zero-order valence-electron chi connectivity index (χ0n) is 23.9. The van der Waals surface area contributed by atoms with Gasteiger partial charge in [0.1, 0.15) is 17.4 Å². The average molecular weight is 540 g/mol. The number of primary amides is 1. The van der Waals surface area contributed by atoms with E-state index < -0.39 is 58.5 Å². The predicted molar refractivity (Wildman–Crippen MR) is 149 cm³/mol. The predicted octanol–water partition coefficient (Wildman–Crippen LogP) is 2.54. The van der Waals surface area contributed by atoms with Gasteiger partial charge in [0.2, 0.25) is 11.7 Å². The average Bonchev–Trinajstić information content (AvgIpc) is 2.84. The van der Waals surface area contributed by atoms with Crippen LogP contribution in [0.3, 0.4) is 0 Å². The Bertz CT molecular complexity index is 1280. The minimum Gasteiger partial charge on any atom is -0.507 e. The maximum atomic E-state index is 14.1. The number of allylic oxidation sites excluding steroid dienone is 2. The van der Waals surface area contributed by atoms with E-state index in [9.17, 15) is 29.7 Å². The first-order chi connectivity index (χ1) is 18.2. The SMILES string of the molecule is C/C=C\C(CC)c1cc(N(C)C)c2c(c1O)C(O)=C1C(=O)[C@]3(O)C(=O)C(C(N)=O)C(C)[C@@H](N(C)C)[C@@H]3C[C@@H]1C2. The standard InChI is InChI=1S/C30H41N3O6/c1-8-10-15(9-2)17-13-20(32(4)5)18-11-16-12-19-24(33(6)7)14(3)21(29(31)38)27(36)30(19,39)28(37)22(16)26(35)23(18)25(17)34/h8,10,13-16,19,21,24,34-35,39H,9,11-12H2,1-7H3,(H2,31,38)/b10-8-/t14?,15?,16-,19-,21?,24+,30+/m0/s1. The minimum absolute atomic E-state index is 0.0684. The lowest BCUT2D eigenvalue weighted by atomic mass is 9.53. The molecular weight excluding hydrogens is 498 g/mol. The Kier molecular flexibility index (Phi) is 7.46. The smallest absolute Gasteiger partial charge is 0.228 e. The van der Waals surface area contributed by atoms with Crippen molar-refractivity contribution in [3.05, 3.63) is 40.5 Å². The molecule has 1 amide bonds. The first-order valence-corrected chi connectivity index (χ1v) is 13.6. The third kappa shape index (κ3) is 4.09. The molecule has 4 rings (SSSR count). The van der Waals surface area contributed by atoms with Crippen LogP contribution in [0.2, 0.25) is 0 Å². The number of phenols is 1. The molecule has 0 radical (unpaired) electrons. The first kappa shape index (κ1) is 28.8. The largest absolute Gasteiger partial charge is 0.507 e. The topological polar surface area (TPSA) is 144 Å². The van der Waals surface area contributed by atoms with E-state index in [0.29, 0.717) is 24.0 Å². The summed E-state index contributed by atoms with van der Waals surface area (Å²) in [6.07, 6.45) is 5.18. The number of nitrogens with zero attached hydrogens (tertiary/aromatic N) is 2. The Morgan fingerprint density at radius 3 is 2.38 bits per heavy atom. The quantitative estimate of drug-likeness (QED) is 0.319. The zero-order valence-corrected chi connectivity index (χ0v) is 23.9. The molecule has 2 fully saturated rings. The second-order valence-electron chi connectivity index (χ2n) is 11.8. The second-order valence-corrected chi connectivity index (χ2v) is 11.8. The minimum atomic E-state index is -2.51. The summed E-state index contributed by atoms with van der Waals surface area (Å²) < 4.78 is 0. The van der Waals surface area contributed by atoms with Gasteiger partial charge in [0.05, 0.1) is 5.56 Å². The van der Waals surface area contributed by atoms with Crippen molar-refractivity contribution in [3.63, 3.8) is 0 Å². The lowest BCUT2D eigenvalue weighted by Crippen LogP contribution is -2.71. The number of carbonyl (C=O) groups is 3. The van der Waals surface area contributed by atoms with Crippen molar-refractivity contribution in [1.29, 1.82) is 0 Å². The number of carbonyl (C=O) groups excluding carboxylic acids is 3. The Hall–Kier alpha value is -3.17. The Morgan fingerprint density at radius 1 is 1.23 bits per heavy atom. The number of ketones is 2. The van der Waals surface area contributed by atoms with Crippen LogP contribution >= 0.6 is 0 Å². The highest BCUT2D eigenvalue weighted by Gasteiger charge is 2.66. The van der Waals surface area contributed by atoms with E-state index in [1.165, 1.54) is 0 Å². The molecule has 0 saturated heterocycles. The van der Waals surface area contributed by atoms with Crippen LogP contribution in [0.4, 0.5) is 5.69 Å². The maximum Gasteiger partial charge on any atom is 0.228 e. The number of aromatic hydroxyl groups is 1. The Morgan fingerprint density at radius 2 is 1.87 bits per heavy atom. The molecule has 1 aromatic rings. The zero-order chi connectivity index (χ0) is 29.1.